The largest absolute Gasteiger partial charge is 0.494 e. The Bertz CT molecular complexity index is 1890. The van der Waals surface area contributed by atoms with Gasteiger partial charge in [-0.3, -0.25) is 4.79 Å². The highest BCUT2D eigenvalue weighted by molar-refractivity contribution is 7.15. The van der Waals surface area contributed by atoms with E-state index < -0.39 is 0 Å². The number of para-hydroxylation sites is 1. The third-order valence-electron chi connectivity index (χ3n) is 6.71. The summed E-state index contributed by atoms with van der Waals surface area (Å²) in [6.07, 6.45) is 6.86. The van der Waals surface area contributed by atoms with Crippen molar-refractivity contribution in [3.05, 3.63) is 106 Å². The third-order valence-corrected chi connectivity index (χ3v) is 7.67. The zero-order valence-electron chi connectivity index (χ0n) is 23.6. The van der Waals surface area contributed by atoms with Crippen LogP contribution in [0.15, 0.2) is 89.9 Å². The molecule has 3 aromatic carbocycles. The van der Waals surface area contributed by atoms with Crippen LogP contribution < -0.4 is 19.6 Å². The van der Waals surface area contributed by atoms with Crippen LogP contribution in [-0.2, 0) is 0 Å². The molecule has 0 fully saturated rings. The summed E-state index contributed by atoms with van der Waals surface area (Å²) in [7, 11) is 0. The van der Waals surface area contributed by atoms with E-state index in [9.17, 15) is 4.79 Å². The van der Waals surface area contributed by atoms with Crippen molar-refractivity contribution in [2.24, 2.45) is 0 Å². The Hall–Kier alpha value is -4.76. The van der Waals surface area contributed by atoms with Crippen LogP contribution in [0, 0.1) is 0 Å². The molecule has 0 amide bonds. The van der Waals surface area contributed by atoms with Crippen LogP contribution in [0.4, 0.5) is 0 Å². The predicted molar refractivity (Wildman–Crippen MR) is 167 cm³/mol. The average molecular weight is 578 g/mol. The Morgan fingerprint density at radius 3 is 2.17 bits per heavy atom. The summed E-state index contributed by atoms with van der Waals surface area (Å²) in [5.41, 5.74) is 4.06. The van der Waals surface area contributed by atoms with Crippen LogP contribution >= 0.6 is 11.3 Å². The molecule has 3 aromatic heterocycles. The fourth-order valence-electron chi connectivity index (χ4n) is 4.49. The number of nitrogens with zero attached hydrogens (tertiary/aromatic N) is 5. The molecule has 8 nitrogen and oxygen atoms in total. The second-order valence-corrected chi connectivity index (χ2v) is 10.9. The molecule has 6 aromatic rings. The molecule has 0 radical (unpaired) electrons. The Labute approximate surface area is 247 Å². The topological polar surface area (TPSA) is 83.5 Å². The van der Waals surface area contributed by atoms with Crippen molar-refractivity contribution < 1.29 is 9.47 Å². The Morgan fingerprint density at radius 1 is 0.810 bits per heavy atom. The zero-order valence-corrected chi connectivity index (χ0v) is 24.4. The highest BCUT2D eigenvalue weighted by atomic mass is 32.1. The molecule has 0 saturated heterocycles. The summed E-state index contributed by atoms with van der Waals surface area (Å²) in [4.78, 5) is 18.6. The molecule has 0 aliphatic heterocycles. The molecule has 0 saturated carbocycles. The first-order chi connectivity index (χ1) is 20.6. The van der Waals surface area contributed by atoms with E-state index in [0.29, 0.717) is 28.5 Å². The Morgan fingerprint density at radius 2 is 1.50 bits per heavy atom. The normalized spacial score (nSPS) is 11.8. The minimum absolute atomic E-state index is 0.213. The fraction of sp³-hybridized carbons (Fsp3) is 0.212. The first-order valence-electron chi connectivity index (χ1n) is 14.2. The minimum atomic E-state index is -0.213. The fourth-order valence-corrected chi connectivity index (χ4v) is 5.39. The van der Waals surface area contributed by atoms with Gasteiger partial charge < -0.3 is 9.47 Å². The van der Waals surface area contributed by atoms with Gasteiger partial charge in [-0.25, -0.2) is 4.68 Å². The standard InChI is InChI=1S/C33H31N5O3S/c1-3-5-20-41-28-17-13-24(14-18-28)31-34-33-38(36-31)32(39)29(42-33)21-25-22-37(26-9-7-6-8-10-26)35-30(25)23-11-15-27(16-12-23)40-19-4-2/h6-18,21-22H,3-5,19-20H2,1-2H3. The summed E-state index contributed by atoms with van der Waals surface area (Å²) in [6, 6.07) is 25.4. The second kappa shape index (κ2) is 12.4. The van der Waals surface area contributed by atoms with E-state index in [1.54, 1.807) is 0 Å². The van der Waals surface area contributed by atoms with Crippen molar-refractivity contribution in [1.82, 2.24) is 24.4 Å². The molecule has 42 heavy (non-hydrogen) atoms. The molecule has 0 unspecified atom stereocenters. The molecule has 0 aliphatic carbocycles. The lowest BCUT2D eigenvalue weighted by atomic mass is 10.1. The lowest BCUT2D eigenvalue weighted by Crippen LogP contribution is -2.23. The van der Waals surface area contributed by atoms with Crippen LogP contribution in [0.25, 0.3) is 39.4 Å². The number of thiazole rings is 1. The molecule has 0 N–H and O–H groups in total. The lowest BCUT2D eigenvalue weighted by molar-refractivity contribution is 0.309. The van der Waals surface area contributed by atoms with E-state index in [4.69, 9.17) is 14.6 Å². The zero-order chi connectivity index (χ0) is 28.9. The molecule has 212 valence electrons. The first-order valence-corrected chi connectivity index (χ1v) is 15.0. The van der Waals surface area contributed by atoms with E-state index in [2.05, 4.69) is 23.9 Å². The summed E-state index contributed by atoms with van der Waals surface area (Å²) in [5, 5.41) is 9.42. The van der Waals surface area contributed by atoms with Crippen LogP contribution in [0.2, 0.25) is 0 Å². The van der Waals surface area contributed by atoms with Crippen molar-refractivity contribution in [3.8, 4) is 39.8 Å². The molecule has 0 bridgehead atoms. The molecule has 0 atom stereocenters. The number of aromatic nitrogens is 5. The summed E-state index contributed by atoms with van der Waals surface area (Å²) in [5.74, 6) is 2.13. The highest BCUT2D eigenvalue weighted by Crippen LogP contribution is 2.27. The van der Waals surface area contributed by atoms with Crippen molar-refractivity contribution in [3.63, 3.8) is 0 Å². The number of rotatable bonds is 11. The number of hydrogen-bond donors (Lipinski definition) is 0. The minimum Gasteiger partial charge on any atom is -0.494 e. The smallest absolute Gasteiger partial charge is 0.291 e. The maximum absolute atomic E-state index is 13.4. The molecule has 9 heteroatoms. The molecule has 0 spiro atoms. The van der Waals surface area contributed by atoms with E-state index in [0.717, 1.165) is 58.8 Å². The number of hydrogen-bond acceptors (Lipinski definition) is 7. The molecule has 6 rings (SSSR count). The van der Waals surface area contributed by atoms with Gasteiger partial charge in [0.2, 0.25) is 4.96 Å². The van der Waals surface area contributed by atoms with Gasteiger partial charge in [-0.2, -0.15) is 14.6 Å². The summed E-state index contributed by atoms with van der Waals surface area (Å²) >= 11 is 1.31. The first kappa shape index (κ1) is 27.4. The summed E-state index contributed by atoms with van der Waals surface area (Å²) in [6.45, 7) is 5.58. The number of fused-ring (bicyclic) bond motifs is 1. The van der Waals surface area contributed by atoms with Gasteiger partial charge in [-0.1, -0.05) is 49.8 Å². The van der Waals surface area contributed by atoms with Crippen LogP contribution in [0.5, 0.6) is 11.5 Å². The molecular weight excluding hydrogens is 546 g/mol. The van der Waals surface area contributed by atoms with E-state index >= 15 is 0 Å². The van der Waals surface area contributed by atoms with Gasteiger partial charge in [-0.05, 0) is 79.6 Å². The van der Waals surface area contributed by atoms with Gasteiger partial charge in [0.05, 0.1) is 23.4 Å². The van der Waals surface area contributed by atoms with Crippen molar-refractivity contribution in [1.29, 1.82) is 0 Å². The maximum Gasteiger partial charge on any atom is 0.291 e. The quantitative estimate of drug-likeness (QED) is 0.171. The van der Waals surface area contributed by atoms with Crippen molar-refractivity contribution >= 4 is 22.4 Å². The number of unbranched alkanes of at least 4 members (excludes halogenated alkanes) is 1. The lowest BCUT2D eigenvalue weighted by Gasteiger charge is -2.05. The van der Waals surface area contributed by atoms with Crippen LogP contribution in [-0.4, -0.2) is 37.6 Å². The van der Waals surface area contributed by atoms with Gasteiger partial charge in [0, 0.05) is 22.9 Å². The Kier molecular flexibility index (Phi) is 8.09. The maximum atomic E-state index is 13.4. The van der Waals surface area contributed by atoms with Gasteiger partial charge >= 0.3 is 0 Å². The van der Waals surface area contributed by atoms with E-state index in [1.807, 2.05) is 95.8 Å². The van der Waals surface area contributed by atoms with E-state index in [-0.39, 0.29) is 5.56 Å². The number of ether oxygens (including phenoxy) is 2. The van der Waals surface area contributed by atoms with Crippen LogP contribution in [0.3, 0.4) is 0 Å². The highest BCUT2D eigenvalue weighted by Gasteiger charge is 2.15. The monoisotopic (exact) mass is 577 g/mol. The van der Waals surface area contributed by atoms with Gasteiger partial charge in [0.15, 0.2) is 5.82 Å². The van der Waals surface area contributed by atoms with Crippen LogP contribution in [0.1, 0.15) is 38.7 Å². The average Bonchev–Trinajstić information content (AvgIpc) is 3.72. The molecule has 3 heterocycles. The third kappa shape index (κ3) is 5.82. The van der Waals surface area contributed by atoms with Crippen molar-refractivity contribution in [2.75, 3.05) is 13.2 Å². The Balaban J connectivity index is 1.34. The van der Waals surface area contributed by atoms with E-state index in [1.165, 1.54) is 15.9 Å². The second-order valence-electron chi connectivity index (χ2n) is 9.86. The summed E-state index contributed by atoms with van der Waals surface area (Å²) < 4.78 is 15.3. The molecular formula is C33H31N5O3S. The van der Waals surface area contributed by atoms with Gasteiger partial charge in [-0.15, -0.1) is 5.10 Å². The van der Waals surface area contributed by atoms with Gasteiger partial charge in [0.25, 0.3) is 5.56 Å². The van der Waals surface area contributed by atoms with Gasteiger partial charge in [0.1, 0.15) is 17.2 Å². The SMILES string of the molecule is CCCCOc1ccc(-c2nc3sc(=Cc4cn(-c5ccccc5)nc4-c4ccc(OCCC)cc4)c(=O)n3n2)cc1. The number of benzene rings is 3. The van der Waals surface area contributed by atoms with Crippen molar-refractivity contribution in [2.45, 2.75) is 33.1 Å². The predicted octanol–water partition coefficient (Wildman–Crippen LogP) is 6.19. The molecule has 0 aliphatic rings.